The van der Waals surface area contributed by atoms with E-state index < -0.39 is 10.0 Å². The van der Waals surface area contributed by atoms with E-state index in [-0.39, 0.29) is 35.6 Å². The summed E-state index contributed by atoms with van der Waals surface area (Å²) >= 11 is 0. The zero-order valence-electron chi connectivity index (χ0n) is 13.1. The van der Waals surface area contributed by atoms with E-state index in [2.05, 4.69) is 10.6 Å². The zero-order valence-corrected chi connectivity index (χ0v) is 14.7. The largest absolute Gasteiger partial charge is 0.495 e. The molecule has 0 saturated heterocycles. The monoisotopic (exact) mass is 365 g/mol. The first-order valence-electron chi connectivity index (χ1n) is 6.65. The molecule has 0 unspecified atom stereocenters. The number of nitrogens with one attached hydrogen (secondary N) is 2. The van der Waals surface area contributed by atoms with Gasteiger partial charge in [0.15, 0.2) is 6.61 Å². The van der Waals surface area contributed by atoms with Crippen LogP contribution in [0.5, 0.6) is 11.5 Å². The molecule has 2 rings (SSSR count). The molecule has 0 spiro atoms. The van der Waals surface area contributed by atoms with Gasteiger partial charge in [0.2, 0.25) is 10.0 Å². The lowest BCUT2D eigenvalue weighted by molar-refractivity contribution is -0.118. The smallest absolute Gasteiger partial charge is 0.262 e. The quantitative estimate of drug-likeness (QED) is 0.752. The number of halogens is 1. The molecule has 2 N–H and O–H groups in total. The zero-order chi connectivity index (χ0) is 16.3. The second-order valence-corrected chi connectivity index (χ2v) is 6.78. The second-order valence-electron chi connectivity index (χ2n) is 4.77. The van der Waals surface area contributed by atoms with Crippen molar-refractivity contribution in [2.45, 2.75) is 4.90 Å². The van der Waals surface area contributed by atoms with Crippen molar-refractivity contribution in [3.63, 3.8) is 0 Å². The SMILES string of the molecule is CNCCN(C)S(=O)(=O)c1cc2c(cc1OC)NC(=O)CO2.Cl. The van der Waals surface area contributed by atoms with Gasteiger partial charge < -0.3 is 20.1 Å². The molecule has 1 heterocycles. The third kappa shape index (κ3) is 4.05. The number of benzene rings is 1. The van der Waals surface area contributed by atoms with Crippen molar-refractivity contribution < 1.29 is 22.7 Å². The van der Waals surface area contributed by atoms with E-state index in [9.17, 15) is 13.2 Å². The van der Waals surface area contributed by atoms with Crippen LogP contribution in [0, 0.1) is 0 Å². The number of ether oxygens (including phenoxy) is 2. The number of carbonyl (C=O) groups excluding carboxylic acids is 1. The summed E-state index contributed by atoms with van der Waals surface area (Å²) in [5.74, 6) is 0.165. The van der Waals surface area contributed by atoms with Crippen molar-refractivity contribution in [1.29, 1.82) is 0 Å². The lowest BCUT2D eigenvalue weighted by Crippen LogP contribution is -2.33. The minimum absolute atomic E-state index is 0. The van der Waals surface area contributed by atoms with Gasteiger partial charge in [0.1, 0.15) is 16.4 Å². The van der Waals surface area contributed by atoms with Crippen LogP contribution < -0.4 is 20.1 Å². The van der Waals surface area contributed by atoms with Crippen molar-refractivity contribution in [2.24, 2.45) is 0 Å². The number of fused-ring (bicyclic) bond motifs is 1. The van der Waals surface area contributed by atoms with Gasteiger partial charge in [-0.1, -0.05) is 0 Å². The van der Waals surface area contributed by atoms with E-state index in [0.29, 0.717) is 24.5 Å². The summed E-state index contributed by atoms with van der Waals surface area (Å²) in [6, 6.07) is 2.82. The van der Waals surface area contributed by atoms with E-state index in [4.69, 9.17) is 9.47 Å². The number of carbonyl (C=O) groups is 1. The molecule has 1 aliphatic rings. The number of rotatable bonds is 6. The van der Waals surface area contributed by atoms with Crippen LogP contribution >= 0.6 is 12.4 Å². The van der Waals surface area contributed by atoms with Crippen LogP contribution in [0.3, 0.4) is 0 Å². The average molecular weight is 366 g/mol. The fraction of sp³-hybridized carbons (Fsp3) is 0.462. The molecule has 0 saturated carbocycles. The highest BCUT2D eigenvalue weighted by Gasteiger charge is 2.28. The predicted molar refractivity (Wildman–Crippen MR) is 88.1 cm³/mol. The highest BCUT2D eigenvalue weighted by molar-refractivity contribution is 7.89. The third-order valence-corrected chi connectivity index (χ3v) is 5.14. The first kappa shape index (κ1) is 19.5. The lowest BCUT2D eigenvalue weighted by atomic mass is 10.2. The summed E-state index contributed by atoms with van der Waals surface area (Å²) < 4.78 is 36.9. The molecule has 130 valence electrons. The fourth-order valence-corrected chi connectivity index (χ4v) is 3.33. The Bertz CT molecular complexity index is 680. The number of methoxy groups -OCH3 is 1. The van der Waals surface area contributed by atoms with Crippen molar-refractivity contribution in [3.8, 4) is 11.5 Å². The first-order valence-corrected chi connectivity index (χ1v) is 8.09. The molecule has 0 atom stereocenters. The summed E-state index contributed by atoms with van der Waals surface area (Å²) in [4.78, 5) is 11.3. The summed E-state index contributed by atoms with van der Waals surface area (Å²) in [5, 5.41) is 5.51. The third-order valence-electron chi connectivity index (χ3n) is 3.26. The van der Waals surface area contributed by atoms with Crippen LogP contribution in [0.25, 0.3) is 0 Å². The molecule has 8 nitrogen and oxygen atoms in total. The maximum Gasteiger partial charge on any atom is 0.262 e. The lowest BCUT2D eigenvalue weighted by Gasteiger charge is -2.23. The van der Waals surface area contributed by atoms with Crippen LogP contribution in [-0.4, -0.2) is 59.5 Å². The molecule has 23 heavy (non-hydrogen) atoms. The maximum absolute atomic E-state index is 12.6. The predicted octanol–water partition coefficient (Wildman–Crippen LogP) is 0.288. The summed E-state index contributed by atoms with van der Waals surface area (Å²) in [5.41, 5.74) is 0.393. The topological polar surface area (TPSA) is 97.0 Å². The molecule has 0 aromatic heterocycles. The standard InChI is InChI=1S/C13H19N3O5S.ClH/c1-14-4-5-16(2)22(18,19)12-7-10-9(6-11(12)20-3)15-13(17)8-21-10;/h6-7,14H,4-5,8H2,1-3H3,(H,15,17);1H. The molecular formula is C13H20ClN3O5S. The van der Waals surface area contributed by atoms with Gasteiger partial charge in [-0.05, 0) is 7.05 Å². The molecule has 1 aromatic carbocycles. The van der Waals surface area contributed by atoms with Gasteiger partial charge in [0.25, 0.3) is 5.91 Å². The van der Waals surface area contributed by atoms with Gasteiger partial charge in [-0.2, -0.15) is 4.31 Å². The molecule has 0 fully saturated rings. The molecule has 1 aromatic rings. The highest BCUT2D eigenvalue weighted by atomic mass is 35.5. The molecule has 1 aliphatic heterocycles. The minimum atomic E-state index is -3.73. The van der Waals surface area contributed by atoms with Gasteiger partial charge in [-0.3, -0.25) is 4.79 Å². The van der Waals surface area contributed by atoms with Crippen LogP contribution in [-0.2, 0) is 14.8 Å². The maximum atomic E-state index is 12.6. The van der Waals surface area contributed by atoms with E-state index in [1.807, 2.05) is 0 Å². The van der Waals surface area contributed by atoms with E-state index in [1.165, 1.54) is 30.6 Å². The summed E-state index contributed by atoms with van der Waals surface area (Å²) in [6.07, 6.45) is 0. The Labute approximate surface area is 141 Å². The van der Waals surface area contributed by atoms with E-state index in [1.54, 1.807) is 7.05 Å². The van der Waals surface area contributed by atoms with Gasteiger partial charge in [0, 0.05) is 32.3 Å². The fourth-order valence-electron chi connectivity index (χ4n) is 2.01. The van der Waals surface area contributed by atoms with Crippen LogP contribution in [0.15, 0.2) is 17.0 Å². The van der Waals surface area contributed by atoms with Gasteiger partial charge >= 0.3 is 0 Å². The number of nitrogens with zero attached hydrogens (tertiary/aromatic N) is 1. The summed E-state index contributed by atoms with van der Waals surface area (Å²) in [6.45, 7) is 0.695. The molecular weight excluding hydrogens is 346 g/mol. The molecule has 0 bridgehead atoms. The van der Waals surface area contributed by atoms with Crippen molar-refractivity contribution >= 4 is 34.0 Å². The van der Waals surface area contributed by atoms with Gasteiger partial charge in [-0.15, -0.1) is 12.4 Å². The second kappa shape index (κ2) is 7.82. The minimum Gasteiger partial charge on any atom is -0.495 e. The van der Waals surface area contributed by atoms with Crippen molar-refractivity contribution in [2.75, 3.05) is 46.2 Å². The highest BCUT2D eigenvalue weighted by Crippen LogP contribution is 2.38. The van der Waals surface area contributed by atoms with Crippen LogP contribution in [0.4, 0.5) is 5.69 Å². The molecule has 0 radical (unpaired) electrons. The Hall–Kier alpha value is -1.55. The number of sulfonamides is 1. The number of amides is 1. The Morgan fingerprint density at radius 1 is 1.43 bits per heavy atom. The number of likely N-dealkylation sites (N-methyl/N-ethyl adjacent to an activating group) is 2. The molecule has 0 aliphatic carbocycles. The molecule has 1 amide bonds. The number of hydrogen-bond acceptors (Lipinski definition) is 6. The number of anilines is 1. The Morgan fingerprint density at radius 3 is 2.74 bits per heavy atom. The van der Waals surface area contributed by atoms with Crippen molar-refractivity contribution in [1.82, 2.24) is 9.62 Å². The Kier molecular flexibility index (Phi) is 6.63. The Balaban J connectivity index is 0.00000264. The number of hydrogen-bond donors (Lipinski definition) is 2. The van der Waals surface area contributed by atoms with E-state index in [0.717, 1.165) is 0 Å². The molecule has 10 heteroatoms. The van der Waals surface area contributed by atoms with Crippen LogP contribution in [0.2, 0.25) is 0 Å². The van der Waals surface area contributed by atoms with Gasteiger partial charge in [0.05, 0.1) is 12.8 Å². The summed E-state index contributed by atoms with van der Waals surface area (Å²) in [7, 11) is 0.890. The average Bonchev–Trinajstić information content (AvgIpc) is 2.50. The first-order chi connectivity index (χ1) is 10.4. The van der Waals surface area contributed by atoms with E-state index >= 15 is 0 Å². The Morgan fingerprint density at radius 2 is 2.13 bits per heavy atom. The van der Waals surface area contributed by atoms with Gasteiger partial charge in [-0.25, -0.2) is 8.42 Å². The van der Waals surface area contributed by atoms with Crippen molar-refractivity contribution in [3.05, 3.63) is 12.1 Å². The van der Waals surface area contributed by atoms with Crippen LogP contribution in [0.1, 0.15) is 0 Å². The normalized spacial score (nSPS) is 13.7.